The van der Waals surface area contributed by atoms with E-state index in [9.17, 15) is 5.11 Å². The number of fused-ring (bicyclic) bond motifs is 3. The molecule has 0 spiro atoms. The van der Waals surface area contributed by atoms with Crippen molar-refractivity contribution in [1.82, 2.24) is 9.55 Å². The lowest BCUT2D eigenvalue weighted by atomic mass is 10.2. The van der Waals surface area contributed by atoms with Gasteiger partial charge in [-0.2, -0.15) is 0 Å². The van der Waals surface area contributed by atoms with Crippen LogP contribution in [0.5, 0.6) is 5.75 Å². The molecular weight excluding hydrogens is 292 g/mol. The molecule has 3 aromatic rings. The SMILES string of the molecule is C[Si](C)(C)CCOCn1c2ccccc2c2c(O)cncc21. The molecule has 0 fully saturated rings. The zero-order valence-corrected chi connectivity index (χ0v) is 14.3. The van der Waals surface area contributed by atoms with Gasteiger partial charge in [0.1, 0.15) is 12.5 Å². The van der Waals surface area contributed by atoms with E-state index in [-0.39, 0.29) is 5.75 Å². The molecule has 0 bridgehead atoms. The first-order valence-corrected chi connectivity index (χ1v) is 11.3. The minimum Gasteiger partial charge on any atom is -0.506 e. The number of nitrogens with zero attached hydrogens (tertiary/aromatic N) is 2. The Bertz CT molecular complexity index is 805. The molecule has 0 amide bonds. The maximum atomic E-state index is 10.1. The van der Waals surface area contributed by atoms with Crippen LogP contribution in [0.25, 0.3) is 21.8 Å². The van der Waals surface area contributed by atoms with Gasteiger partial charge in [0.05, 0.1) is 28.8 Å². The van der Waals surface area contributed by atoms with E-state index in [1.165, 1.54) is 6.20 Å². The van der Waals surface area contributed by atoms with E-state index >= 15 is 0 Å². The summed E-state index contributed by atoms with van der Waals surface area (Å²) in [5.41, 5.74) is 1.98. The minimum atomic E-state index is -1.08. The average molecular weight is 314 g/mol. The third-order valence-electron chi connectivity index (χ3n) is 3.88. The largest absolute Gasteiger partial charge is 0.506 e. The smallest absolute Gasteiger partial charge is 0.143 e. The van der Waals surface area contributed by atoms with Gasteiger partial charge >= 0.3 is 0 Å². The zero-order chi connectivity index (χ0) is 15.7. The molecule has 3 rings (SSSR count). The highest BCUT2D eigenvalue weighted by molar-refractivity contribution is 6.76. The second kappa shape index (κ2) is 5.74. The second-order valence-electron chi connectivity index (χ2n) is 6.85. The molecule has 5 heteroatoms. The monoisotopic (exact) mass is 314 g/mol. The van der Waals surface area contributed by atoms with Crippen LogP contribution in [0.4, 0.5) is 0 Å². The summed E-state index contributed by atoms with van der Waals surface area (Å²) in [6.07, 6.45) is 3.28. The molecule has 1 N–H and O–H groups in total. The molecule has 0 radical (unpaired) electrons. The third kappa shape index (κ3) is 2.87. The number of pyridine rings is 1. The maximum Gasteiger partial charge on any atom is 0.143 e. The van der Waals surface area contributed by atoms with Crippen molar-refractivity contribution in [2.45, 2.75) is 32.4 Å². The van der Waals surface area contributed by atoms with Crippen molar-refractivity contribution in [2.24, 2.45) is 0 Å². The Morgan fingerprint density at radius 2 is 1.91 bits per heavy atom. The van der Waals surface area contributed by atoms with Gasteiger partial charge in [-0.15, -0.1) is 0 Å². The zero-order valence-electron chi connectivity index (χ0n) is 13.3. The van der Waals surface area contributed by atoms with Crippen molar-refractivity contribution in [3.8, 4) is 5.75 Å². The van der Waals surface area contributed by atoms with Crippen LogP contribution in [-0.4, -0.2) is 29.3 Å². The van der Waals surface area contributed by atoms with Gasteiger partial charge in [-0.3, -0.25) is 4.98 Å². The van der Waals surface area contributed by atoms with E-state index in [4.69, 9.17) is 4.74 Å². The van der Waals surface area contributed by atoms with Crippen LogP contribution >= 0.6 is 0 Å². The van der Waals surface area contributed by atoms with Crippen molar-refractivity contribution in [3.63, 3.8) is 0 Å². The highest BCUT2D eigenvalue weighted by Gasteiger charge is 2.15. The predicted molar refractivity (Wildman–Crippen MR) is 93.0 cm³/mol. The first-order valence-electron chi connectivity index (χ1n) is 7.59. The Kier molecular flexibility index (Phi) is 3.93. The molecule has 0 saturated heterocycles. The summed E-state index contributed by atoms with van der Waals surface area (Å²) in [6, 6.07) is 9.21. The van der Waals surface area contributed by atoms with Crippen molar-refractivity contribution in [2.75, 3.05) is 6.61 Å². The van der Waals surface area contributed by atoms with Crippen molar-refractivity contribution in [1.29, 1.82) is 0 Å². The Labute approximate surface area is 131 Å². The lowest BCUT2D eigenvalue weighted by molar-refractivity contribution is 0.0929. The number of ether oxygens (including phenoxy) is 1. The molecule has 0 atom stereocenters. The topological polar surface area (TPSA) is 47.3 Å². The number of hydrogen-bond donors (Lipinski definition) is 1. The summed E-state index contributed by atoms with van der Waals surface area (Å²) in [5.74, 6) is 0.217. The van der Waals surface area contributed by atoms with Crippen LogP contribution in [0.15, 0.2) is 36.7 Å². The summed E-state index contributed by atoms with van der Waals surface area (Å²) < 4.78 is 7.98. The minimum absolute atomic E-state index is 0.217. The van der Waals surface area contributed by atoms with Gasteiger partial charge in [-0.25, -0.2) is 0 Å². The van der Waals surface area contributed by atoms with Gasteiger partial charge < -0.3 is 14.4 Å². The first kappa shape index (κ1) is 15.1. The van der Waals surface area contributed by atoms with Gasteiger partial charge in [-0.1, -0.05) is 37.8 Å². The molecule has 116 valence electrons. The molecule has 0 unspecified atom stereocenters. The van der Waals surface area contributed by atoms with Gasteiger partial charge in [0.2, 0.25) is 0 Å². The molecule has 0 saturated carbocycles. The van der Waals surface area contributed by atoms with Gasteiger partial charge in [-0.05, 0) is 12.1 Å². The fraction of sp³-hybridized carbons (Fsp3) is 0.353. The van der Waals surface area contributed by atoms with E-state index in [2.05, 4.69) is 35.3 Å². The van der Waals surface area contributed by atoms with E-state index in [1.807, 2.05) is 18.2 Å². The standard InChI is InChI=1S/C17H22N2O2Si/c1-22(2,3)9-8-21-12-19-14-7-5-4-6-13(14)17-15(19)10-18-11-16(17)20/h4-7,10-11,20H,8-9,12H2,1-3H3. The predicted octanol–water partition coefficient (Wildman–Crippen LogP) is 4.21. The Morgan fingerprint density at radius 1 is 1.14 bits per heavy atom. The van der Waals surface area contributed by atoms with Crippen LogP contribution in [0.3, 0.4) is 0 Å². The molecule has 0 aliphatic rings. The Balaban J connectivity index is 1.95. The lowest BCUT2D eigenvalue weighted by Crippen LogP contribution is -2.22. The van der Waals surface area contributed by atoms with Crippen LogP contribution in [-0.2, 0) is 11.5 Å². The molecule has 2 aromatic heterocycles. The quantitative estimate of drug-likeness (QED) is 0.567. The van der Waals surface area contributed by atoms with Crippen LogP contribution in [0.1, 0.15) is 0 Å². The average Bonchev–Trinajstić information content (AvgIpc) is 2.78. The van der Waals surface area contributed by atoms with Crippen molar-refractivity contribution in [3.05, 3.63) is 36.7 Å². The highest BCUT2D eigenvalue weighted by atomic mass is 28.3. The van der Waals surface area contributed by atoms with Crippen molar-refractivity contribution < 1.29 is 9.84 Å². The molecule has 0 aliphatic heterocycles. The number of rotatable bonds is 5. The highest BCUT2D eigenvalue weighted by Crippen LogP contribution is 2.34. The summed E-state index contributed by atoms with van der Waals surface area (Å²) in [4.78, 5) is 4.12. The Hall–Kier alpha value is -1.85. The number of aromatic hydroxyl groups is 1. The van der Waals surface area contributed by atoms with Gasteiger partial charge in [0, 0.05) is 20.1 Å². The number of hydrogen-bond acceptors (Lipinski definition) is 3. The molecule has 22 heavy (non-hydrogen) atoms. The molecule has 4 nitrogen and oxygen atoms in total. The van der Waals surface area contributed by atoms with E-state index in [0.717, 1.165) is 34.5 Å². The molecule has 1 aromatic carbocycles. The van der Waals surface area contributed by atoms with Crippen LogP contribution < -0.4 is 0 Å². The number of aromatic nitrogens is 2. The van der Waals surface area contributed by atoms with Crippen LogP contribution in [0.2, 0.25) is 25.7 Å². The second-order valence-corrected chi connectivity index (χ2v) is 12.5. The lowest BCUT2D eigenvalue weighted by Gasteiger charge is -2.16. The Morgan fingerprint density at radius 3 is 2.68 bits per heavy atom. The fourth-order valence-corrected chi connectivity index (χ4v) is 3.40. The summed E-state index contributed by atoms with van der Waals surface area (Å²) >= 11 is 0. The molecular formula is C17H22N2O2Si. The van der Waals surface area contributed by atoms with Crippen LogP contribution in [0, 0.1) is 0 Å². The maximum absolute atomic E-state index is 10.1. The fourth-order valence-electron chi connectivity index (χ4n) is 2.64. The number of para-hydroxylation sites is 1. The van der Waals surface area contributed by atoms with E-state index in [0.29, 0.717) is 6.73 Å². The summed E-state index contributed by atoms with van der Waals surface area (Å²) in [7, 11) is -1.08. The van der Waals surface area contributed by atoms with Crippen molar-refractivity contribution >= 4 is 29.9 Å². The van der Waals surface area contributed by atoms with Gasteiger partial charge in [0.25, 0.3) is 0 Å². The summed E-state index contributed by atoms with van der Waals surface area (Å²) in [5, 5.41) is 12.0. The normalized spacial score (nSPS) is 12.3. The van der Waals surface area contributed by atoms with E-state index < -0.39 is 8.07 Å². The van der Waals surface area contributed by atoms with E-state index in [1.54, 1.807) is 6.20 Å². The summed E-state index contributed by atoms with van der Waals surface area (Å²) in [6.45, 7) is 8.30. The third-order valence-corrected chi connectivity index (χ3v) is 5.58. The molecule has 0 aliphatic carbocycles. The first-order chi connectivity index (χ1) is 10.5. The molecule has 2 heterocycles. The number of benzene rings is 1. The van der Waals surface area contributed by atoms with Gasteiger partial charge in [0.15, 0.2) is 0 Å².